The molecule has 9 unspecified atom stereocenters. The van der Waals surface area contributed by atoms with Gasteiger partial charge in [-0.25, -0.2) is 0 Å². The fraction of sp³-hybridized carbons (Fsp3) is 0.732. The summed E-state index contributed by atoms with van der Waals surface area (Å²) in [6.07, 6.45) is 12.0. The lowest BCUT2D eigenvalue weighted by molar-refractivity contribution is -0.246. The van der Waals surface area contributed by atoms with Crippen LogP contribution >= 0.6 is 0 Å². The zero-order chi connectivity index (χ0) is 34.0. The molecule has 0 aliphatic heterocycles. The van der Waals surface area contributed by atoms with Crippen molar-refractivity contribution in [2.45, 2.75) is 118 Å². The quantitative estimate of drug-likeness (QED) is 0.205. The molecular formula is C41H60N2O4. The number of aliphatic hydroxyl groups is 1. The van der Waals surface area contributed by atoms with Crippen molar-refractivity contribution in [2.75, 3.05) is 13.1 Å². The topological polar surface area (TPSA) is 95.5 Å². The molecule has 0 radical (unpaired) electrons. The summed E-state index contributed by atoms with van der Waals surface area (Å²) in [5.41, 5.74) is 2.98. The minimum absolute atomic E-state index is 0.00443. The molecule has 0 saturated heterocycles. The van der Waals surface area contributed by atoms with E-state index in [0.29, 0.717) is 54.4 Å². The third kappa shape index (κ3) is 5.17. The molecule has 2 amide bonds. The van der Waals surface area contributed by atoms with E-state index >= 15 is 0 Å². The van der Waals surface area contributed by atoms with Crippen molar-refractivity contribution < 1.29 is 19.5 Å². The Morgan fingerprint density at radius 1 is 0.915 bits per heavy atom. The molecule has 10 atom stereocenters. The number of hydrogen-bond acceptors (Lipinski definition) is 4. The van der Waals surface area contributed by atoms with Crippen molar-refractivity contribution in [2.24, 2.45) is 56.7 Å². The van der Waals surface area contributed by atoms with Gasteiger partial charge < -0.3 is 20.5 Å². The molecule has 1 aromatic carbocycles. The minimum Gasteiger partial charge on any atom is -0.393 e. The molecule has 0 bridgehead atoms. The number of benzene rings is 1. The number of allylic oxidation sites excluding steroid dienone is 1. The van der Waals surface area contributed by atoms with Crippen molar-refractivity contribution in [3.8, 4) is 0 Å². The van der Waals surface area contributed by atoms with Gasteiger partial charge in [0.2, 0.25) is 5.91 Å². The standard InChI is InChI=1S/C41H60N2O4/c1-26(2)29-13-19-41(36(47)43-22-16-27-9-8-10-28(25-27)35(46)42-23-24-44)21-20-39(6)30(34(29)41)11-12-32-38(5)17-15-33(45)37(3,4)31(38)14-18-40(32,39)7/h8-10,24-25,29-34,45H,1,11-23H2,2-7H3,(H,42,46)(H,43,47)/t29?,30?,31?,32?,33?,34?,38?,39-,40?,41?/m1/s1. The summed E-state index contributed by atoms with van der Waals surface area (Å²) in [5, 5.41) is 17.1. The number of aldehydes is 1. The summed E-state index contributed by atoms with van der Waals surface area (Å²) in [6, 6.07) is 7.46. The van der Waals surface area contributed by atoms with Crippen LogP contribution in [0.15, 0.2) is 36.4 Å². The van der Waals surface area contributed by atoms with Gasteiger partial charge in [0, 0.05) is 12.1 Å². The van der Waals surface area contributed by atoms with Crippen LogP contribution in [0.25, 0.3) is 0 Å². The van der Waals surface area contributed by atoms with Crippen LogP contribution in [0.5, 0.6) is 0 Å². The van der Waals surface area contributed by atoms with Crippen molar-refractivity contribution in [3.05, 3.63) is 47.5 Å². The molecule has 5 saturated carbocycles. The first kappa shape index (κ1) is 34.4. The van der Waals surface area contributed by atoms with Gasteiger partial charge in [0.05, 0.1) is 18.1 Å². The molecule has 5 fully saturated rings. The lowest BCUT2D eigenvalue weighted by Gasteiger charge is -2.72. The minimum atomic E-state index is -0.356. The van der Waals surface area contributed by atoms with Crippen molar-refractivity contribution in [1.29, 1.82) is 0 Å². The second-order valence-corrected chi connectivity index (χ2v) is 17.8. The maximum atomic E-state index is 14.5. The first-order chi connectivity index (χ1) is 22.2. The summed E-state index contributed by atoms with van der Waals surface area (Å²) in [5.74, 6) is 2.34. The predicted octanol–water partition coefficient (Wildman–Crippen LogP) is 7.29. The van der Waals surface area contributed by atoms with Gasteiger partial charge in [-0.3, -0.25) is 9.59 Å². The highest BCUT2D eigenvalue weighted by Gasteiger charge is 2.71. The van der Waals surface area contributed by atoms with Gasteiger partial charge in [-0.2, -0.15) is 0 Å². The normalized spacial score (nSPS) is 41.8. The molecule has 0 spiro atoms. The Hall–Kier alpha value is -2.47. The Morgan fingerprint density at radius 3 is 2.40 bits per heavy atom. The van der Waals surface area contributed by atoms with Gasteiger partial charge in [0.1, 0.15) is 6.29 Å². The zero-order valence-electron chi connectivity index (χ0n) is 29.9. The van der Waals surface area contributed by atoms with Gasteiger partial charge in [0.25, 0.3) is 5.91 Å². The van der Waals surface area contributed by atoms with Crippen LogP contribution in [0.2, 0.25) is 0 Å². The van der Waals surface area contributed by atoms with E-state index in [2.05, 4.69) is 58.8 Å². The van der Waals surface area contributed by atoms with E-state index < -0.39 is 0 Å². The highest BCUT2D eigenvalue weighted by Crippen LogP contribution is 2.77. The first-order valence-corrected chi connectivity index (χ1v) is 18.6. The maximum absolute atomic E-state index is 14.5. The van der Waals surface area contributed by atoms with E-state index in [4.69, 9.17) is 0 Å². The molecule has 1 aromatic rings. The Labute approximate surface area is 283 Å². The molecular weight excluding hydrogens is 584 g/mol. The lowest BCUT2D eigenvalue weighted by Crippen LogP contribution is -2.67. The number of hydrogen-bond donors (Lipinski definition) is 3. The Morgan fingerprint density at radius 2 is 1.68 bits per heavy atom. The molecule has 5 aliphatic carbocycles. The number of amides is 2. The van der Waals surface area contributed by atoms with Crippen LogP contribution < -0.4 is 10.6 Å². The van der Waals surface area contributed by atoms with Crippen molar-refractivity contribution >= 4 is 18.1 Å². The Balaban J connectivity index is 1.23. The summed E-state index contributed by atoms with van der Waals surface area (Å²) in [7, 11) is 0. The number of carbonyl (C=O) groups is 3. The van der Waals surface area contributed by atoms with Gasteiger partial charge in [0.15, 0.2) is 0 Å². The van der Waals surface area contributed by atoms with Crippen LogP contribution in [0.1, 0.15) is 122 Å². The molecule has 6 rings (SSSR count). The van der Waals surface area contributed by atoms with E-state index in [1.54, 1.807) is 6.07 Å². The number of nitrogens with one attached hydrogen (secondary N) is 2. The highest BCUT2D eigenvalue weighted by molar-refractivity contribution is 5.95. The lowest BCUT2D eigenvalue weighted by atomic mass is 9.32. The summed E-state index contributed by atoms with van der Waals surface area (Å²) in [4.78, 5) is 37.5. The average Bonchev–Trinajstić information content (AvgIpc) is 3.44. The summed E-state index contributed by atoms with van der Waals surface area (Å²) < 4.78 is 0. The van der Waals surface area contributed by atoms with Crippen LogP contribution in [0, 0.1) is 56.7 Å². The third-order valence-corrected chi connectivity index (χ3v) is 15.7. The smallest absolute Gasteiger partial charge is 0.251 e. The molecule has 0 aromatic heterocycles. The van der Waals surface area contributed by atoms with E-state index in [0.717, 1.165) is 44.1 Å². The second kappa shape index (κ2) is 12.1. The van der Waals surface area contributed by atoms with Gasteiger partial charge in [-0.05, 0) is 146 Å². The van der Waals surface area contributed by atoms with Crippen LogP contribution in [0.4, 0.5) is 0 Å². The highest BCUT2D eigenvalue weighted by atomic mass is 16.3. The van der Waals surface area contributed by atoms with E-state index in [1.165, 1.54) is 31.3 Å². The molecule has 6 heteroatoms. The molecule has 5 aliphatic rings. The Kier molecular flexibility index (Phi) is 8.89. The first-order valence-electron chi connectivity index (χ1n) is 18.6. The fourth-order valence-electron chi connectivity index (χ4n) is 13.1. The largest absolute Gasteiger partial charge is 0.393 e. The summed E-state index contributed by atoms with van der Waals surface area (Å²) in [6.45, 7) is 19.7. The monoisotopic (exact) mass is 644 g/mol. The van der Waals surface area contributed by atoms with E-state index in [1.807, 2.05) is 18.2 Å². The van der Waals surface area contributed by atoms with E-state index in [9.17, 15) is 19.5 Å². The molecule has 47 heavy (non-hydrogen) atoms. The van der Waals surface area contributed by atoms with Crippen molar-refractivity contribution in [1.82, 2.24) is 10.6 Å². The molecule has 6 nitrogen and oxygen atoms in total. The third-order valence-electron chi connectivity index (χ3n) is 15.7. The number of carbonyl (C=O) groups excluding carboxylic acids is 3. The van der Waals surface area contributed by atoms with Crippen molar-refractivity contribution in [3.63, 3.8) is 0 Å². The number of rotatable bonds is 8. The SMILES string of the molecule is C=C(C)C1CCC2(C(=O)NCCc3cccc(C(=O)NCC=O)c3)CC[C@]3(C)C(CCC4C5(C)CCC(O)C(C)(C)C5CCC43C)C12. The van der Waals surface area contributed by atoms with Crippen LogP contribution in [-0.4, -0.2) is 42.4 Å². The second-order valence-electron chi connectivity index (χ2n) is 17.8. The maximum Gasteiger partial charge on any atom is 0.251 e. The fourth-order valence-corrected chi connectivity index (χ4v) is 13.1. The van der Waals surface area contributed by atoms with Gasteiger partial charge in [-0.1, -0.05) is 58.9 Å². The van der Waals surface area contributed by atoms with E-state index in [-0.39, 0.29) is 51.5 Å². The molecule has 0 heterocycles. The summed E-state index contributed by atoms with van der Waals surface area (Å²) >= 11 is 0. The Bertz CT molecular complexity index is 1420. The van der Waals surface area contributed by atoms with Crippen LogP contribution in [0.3, 0.4) is 0 Å². The number of aliphatic hydroxyl groups excluding tert-OH is 1. The predicted molar refractivity (Wildman–Crippen MR) is 187 cm³/mol. The number of fused-ring (bicyclic) bond motifs is 7. The zero-order valence-corrected chi connectivity index (χ0v) is 29.9. The van der Waals surface area contributed by atoms with Gasteiger partial charge >= 0.3 is 0 Å². The molecule has 3 N–H and O–H groups in total. The average molecular weight is 645 g/mol. The molecule has 258 valence electrons. The van der Waals surface area contributed by atoms with Crippen LogP contribution in [-0.2, 0) is 16.0 Å². The van der Waals surface area contributed by atoms with Gasteiger partial charge in [-0.15, -0.1) is 0 Å².